The Morgan fingerprint density at radius 2 is 1.80 bits per heavy atom. The summed E-state index contributed by atoms with van der Waals surface area (Å²) in [5, 5.41) is 14.6. The predicted octanol–water partition coefficient (Wildman–Crippen LogP) is 4.90. The van der Waals surface area contributed by atoms with E-state index in [0.29, 0.717) is 16.5 Å². The average molecular weight is 470 g/mol. The van der Waals surface area contributed by atoms with Crippen molar-refractivity contribution in [2.75, 3.05) is 0 Å². The molecule has 0 aliphatic carbocycles. The van der Waals surface area contributed by atoms with E-state index in [9.17, 15) is 19.1 Å². The lowest BCUT2D eigenvalue weighted by atomic mass is 9.92. The summed E-state index contributed by atoms with van der Waals surface area (Å²) in [4.78, 5) is 32.9. The van der Waals surface area contributed by atoms with E-state index in [1.165, 1.54) is 23.2 Å². The highest BCUT2D eigenvalue weighted by molar-refractivity contribution is 6.15. The van der Waals surface area contributed by atoms with Crippen LogP contribution in [0.1, 0.15) is 51.3 Å². The molecule has 0 atom stereocenters. The molecule has 1 aliphatic rings. The van der Waals surface area contributed by atoms with Gasteiger partial charge >= 0.3 is 0 Å². The Bertz CT molecular complexity index is 1450. The third-order valence-corrected chi connectivity index (χ3v) is 6.43. The van der Waals surface area contributed by atoms with Crippen LogP contribution in [0.3, 0.4) is 0 Å². The largest absolute Gasteiger partial charge is 0.505 e. The summed E-state index contributed by atoms with van der Waals surface area (Å²) in [6.45, 7) is 4.17. The Morgan fingerprint density at radius 3 is 2.51 bits per heavy atom. The van der Waals surface area contributed by atoms with Gasteiger partial charge in [-0.15, -0.1) is 0 Å². The first-order valence-corrected chi connectivity index (χ1v) is 11.3. The van der Waals surface area contributed by atoms with Crippen molar-refractivity contribution in [3.8, 4) is 5.75 Å². The molecule has 1 aromatic heterocycles. The number of phenols is 1. The highest BCUT2D eigenvalue weighted by atomic mass is 19.1. The summed E-state index contributed by atoms with van der Waals surface area (Å²) in [5.41, 5.74) is 2.04. The molecular formula is C28H24FN3O3. The van der Waals surface area contributed by atoms with Crippen LogP contribution in [0.2, 0.25) is 0 Å². The van der Waals surface area contributed by atoms with Gasteiger partial charge in [-0.1, -0.05) is 48.5 Å². The van der Waals surface area contributed by atoms with Gasteiger partial charge in [-0.2, -0.15) is 0 Å². The molecule has 0 bridgehead atoms. The second-order valence-electron chi connectivity index (χ2n) is 9.21. The molecule has 1 aliphatic heterocycles. The molecule has 4 aromatic rings. The molecule has 0 spiro atoms. The van der Waals surface area contributed by atoms with Crippen LogP contribution in [0, 0.1) is 5.82 Å². The quantitative estimate of drug-likeness (QED) is 0.436. The lowest BCUT2D eigenvalue weighted by Gasteiger charge is -2.28. The fraction of sp³-hybridized carbons (Fsp3) is 0.179. The lowest BCUT2D eigenvalue weighted by Crippen LogP contribution is -2.41. The number of rotatable bonds is 5. The van der Waals surface area contributed by atoms with Crippen molar-refractivity contribution < 1.29 is 19.1 Å². The number of aromatic hydroxyl groups is 1. The van der Waals surface area contributed by atoms with Crippen molar-refractivity contribution >= 4 is 22.7 Å². The number of phenolic OH excluding ortho intramolecular Hbond substituents is 1. The zero-order valence-electron chi connectivity index (χ0n) is 19.4. The normalized spacial score (nSPS) is 13.2. The maximum atomic E-state index is 13.7. The third-order valence-electron chi connectivity index (χ3n) is 6.43. The van der Waals surface area contributed by atoms with Gasteiger partial charge < -0.3 is 15.3 Å². The van der Waals surface area contributed by atoms with E-state index in [1.54, 1.807) is 24.3 Å². The van der Waals surface area contributed by atoms with Crippen molar-refractivity contribution in [2.24, 2.45) is 0 Å². The number of nitrogens with one attached hydrogen (secondary N) is 1. The Hall–Kier alpha value is -4.26. The molecule has 0 unspecified atom stereocenters. The van der Waals surface area contributed by atoms with Crippen molar-refractivity contribution in [3.63, 3.8) is 0 Å². The maximum absolute atomic E-state index is 13.7. The monoisotopic (exact) mass is 469 g/mol. The first-order valence-electron chi connectivity index (χ1n) is 11.3. The molecule has 0 radical (unpaired) electrons. The first kappa shape index (κ1) is 22.5. The van der Waals surface area contributed by atoms with E-state index >= 15 is 0 Å². The second kappa shape index (κ2) is 8.51. The number of hydrogen-bond donors (Lipinski definition) is 2. The summed E-state index contributed by atoms with van der Waals surface area (Å²) >= 11 is 0. The summed E-state index contributed by atoms with van der Waals surface area (Å²) in [6.07, 6.45) is 1.51. The highest BCUT2D eigenvalue weighted by Crippen LogP contribution is 2.40. The van der Waals surface area contributed by atoms with Gasteiger partial charge in [0.2, 0.25) is 0 Å². The Morgan fingerprint density at radius 1 is 1.09 bits per heavy atom. The van der Waals surface area contributed by atoms with Gasteiger partial charge in [-0.3, -0.25) is 14.6 Å². The standard InChI is InChI=1S/C28H24FN3O3/c1-28(2,18-7-4-3-5-8-18)31-26(34)22-20-9-6-14-30-24(20)25(33)23-21(22)16-32(27(23)35)15-17-10-12-19(29)13-11-17/h3-14,33H,15-16H2,1-2H3,(H,31,34). The predicted molar refractivity (Wildman–Crippen MR) is 130 cm³/mol. The van der Waals surface area contributed by atoms with Gasteiger partial charge in [0, 0.05) is 30.2 Å². The van der Waals surface area contributed by atoms with Crippen LogP contribution >= 0.6 is 0 Å². The molecule has 3 aromatic carbocycles. The summed E-state index contributed by atoms with van der Waals surface area (Å²) in [7, 11) is 0. The number of hydrogen-bond acceptors (Lipinski definition) is 4. The van der Waals surface area contributed by atoms with Crippen LogP contribution in [0.25, 0.3) is 10.9 Å². The van der Waals surface area contributed by atoms with Crippen LogP contribution in [0.4, 0.5) is 4.39 Å². The minimum atomic E-state index is -0.686. The number of carbonyl (C=O) groups excluding carboxylic acids is 2. The van der Waals surface area contributed by atoms with E-state index in [2.05, 4.69) is 10.3 Å². The van der Waals surface area contributed by atoms with E-state index < -0.39 is 11.4 Å². The zero-order chi connectivity index (χ0) is 24.7. The molecular weight excluding hydrogens is 445 g/mol. The smallest absolute Gasteiger partial charge is 0.258 e. The zero-order valence-corrected chi connectivity index (χ0v) is 19.4. The van der Waals surface area contributed by atoms with Crippen LogP contribution in [-0.2, 0) is 18.6 Å². The Labute approximate surface area is 202 Å². The topological polar surface area (TPSA) is 82.5 Å². The van der Waals surface area contributed by atoms with Crippen LogP contribution < -0.4 is 5.32 Å². The molecule has 0 saturated heterocycles. The van der Waals surface area contributed by atoms with Crippen molar-refractivity contribution in [2.45, 2.75) is 32.5 Å². The highest BCUT2D eigenvalue weighted by Gasteiger charge is 2.37. The fourth-order valence-corrected chi connectivity index (χ4v) is 4.62. The second-order valence-corrected chi connectivity index (χ2v) is 9.21. The Kier molecular flexibility index (Phi) is 5.47. The minimum absolute atomic E-state index is 0.0842. The lowest BCUT2D eigenvalue weighted by molar-refractivity contribution is 0.0763. The number of carbonyl (C=O) groups is 2. The Balaban J connectivity index is 1.58. The number of halogens is 1. The number of fused-ring (bicyclic) bond motifs is 2. The fourth-order valence-electron chi connectivity index (χ4n) is 4.62. The summed E-state index contributed by atoms with van der Waals surface area (Å²) in [6, 6.07) is 18.9. The van der Waals surface area contributed by atoms with Gasteiger partial charge in [0.1, 0.15) is 11.3 Å². The molecule has 7 heteroatoms. The van der Waals surface area contributed by atoms with E-state index in [4.69, 9.17) is 0 Å². The van der Waals surface area contributed by atoms with Gasteiger partial charge in [-0.05, 0) is 43.2 Å². The molecule has 6 nitrogen and oxygen atoms in total. The van der Waals surface area contributed by atoms with Gasteiger partial charge in [-0.25, -0.2) is 4.39 Å². The molecule has 35 heavy (non-hydrogen) atoms. The van der Waals surface area contributed by atoms with Crippen molar-refractivity contribution in [1.82, 2.24) is 15.2 Å². The number of amides is 2. The molecule has 176 valence electrons. The van der Waals surface area contributed by atoms with Gasteiger partial charge in [0.15, 0.2) is 5.75 Å². The number of benzene rings is 3. The molecule has 2 N–H and O–H groups in total. The molecule has 2 amide bonds. The molecule has 0 fully saturated rings. The molecule has 5 rings (SSSR count). The number of nitrogens with zero attached hydrogens (tertiary/aromatic N) is 2. The molecule has 0 saturated carbocycles. The van der Waals surface area contributed by atoms with Crippen LogP contribution in [-0.4, -0.2) is 26.8 Å². The van der Waals surface area contributed by atoms with E-state index in [-0.39, 0.29) is 41.6 Å². The van der Waals surface area contributed by atoms with Crippen LogP contribution in [0.15, 0.2) is 72.9 Å². The number of aromatic nitrogens is 1. The van der Waals surface area contributed by atoms with Crippen molar-refractivity contribution in [3.05, 3.63) is 107 Å². The van der Waals surface area contributed by atoms with E-state index in [1.807, 2.05) is 44.2 Å². The van der Waals surface area contributed by atoms with Crippen LogP contribution in [0.5, 0.6) is 5.75 Å². The SMILES string of the molecule is CC(C)(NC(=O)c1c2c(c(O)c3ncccc13)C(=O)N(Cc1ccc(F)cc1)C2)c1ccccc1. The maximum Gasteiger partial charge on any atom is 0.258 e. The minimum Gasteiger partial charge on any atom is -0.505 e. The van der Waals surface area contributed by atoms with Crippen molar-refractivity contribution in [1.29, 1.82) is 0 Å². The molecule has 2 heterocycles. The summed E-state index contributed by atoms with van der Waals surface area (Å²) < 4.78 is 13.3. The first-order chi connectivity index (χ1) is 16.8. The van der Waals surface area contributed by atoms with Gasteiger partial charge in [0.05, 0.1) is 16.7 Å². The number of pyridine rings is 1. The van der Waals surface area contributed by atoms with Gasteiger partial charge in [0.25, 0.3) is 11.8 Å². The average Bonchev–Trinajstić information content (AvgIpc) is 3.16. The third kappa shape index (κ3) is 3.99. The van der Waals surface area contributed by atoms with E-state index in [0.717, 1.165) is 11.1 Å². The summed E-state index contributed by atoms with van der Waals surface area (Å²) in [5.74, 6) is -1.35.